The quantitative estimate of drug-likeness (QED) is 0.374. The standard InChI is InChI=1S/C26H22N4O3/c1-25-26(32,12-27)10-18(33-25)29-16-8-4-2-6-13(16)20-21-15(11-28-24(21)31)19-14-7-3-5-9-17(14)30(25)23(19)22(20)29/h2-9,18,32H,10-12,27H2,1H3,(H,28,31)/t18?,25-,26+/m0/s1. The lowest BCUT2D eigenvalue weighted by Crippen LogP contribution is -2.55. The maximum atomic E-state index is 13.2. The number of aliphatic hydroxyl groups is 1. The van der Waals surface area contributed by atoms with Gasteiger partial charge in [0.15, 0.2) is 5.72 Å². The molecule has 8 rings (SSSR count). The van der Waals surface area contributed by atoms with Crippen molar-refractivity contribution in [2.24, 2.45) is 5.73 Å². The van der Waals surface area contributed by atoms with Gasteiger partial charge in [-0.25, -0.2) is 0 Å². The number of amides is 1. The van der Waals surface area contributed by atoms with Crippen LogP contribution in [0.5, 0.6) is 0 Å². The second kappa shape index (κ2) is 5.39. The Balaban J connectivity index is 1.78. The molecule has 164 valence electrons. The minimum absolute atomic E-state index is 0.0355. The van der Waals surface area contributed by atoms with Crippen molar-refractivity contribution < 1.29 is 14.6 Å². The Bertz CT molecular complexity index is 1730. The van der Waals surface area contributed by atoms with Crippen molar-refractivity contribution in [3.63, 3.8) is 0 Å². The Morgan fingerprint density at radius 2 is 1.79 bits per heavy atom. The molecule has 7 heteroatoms. The van der Waals surface area contributed by atoms with Crippen LogP contribution in [0.1, 0.15) is 35.5 Å². The first-order valence-electron chi connectivity index (χ1n) is 11.4. The summed E-state index contributed by atoms with van der Waals surface area (Å²) in [5, 5.41) is 19.0. The average molecular weight is 438 g/mol. The fourth-order valence-corrected chi connectivity index (χ4v) is 6.79. The molecule has 1 saturated heterocycles. The molecule has 1 amide bonds. The molecule has 4 N–H and O–H groups in total. The second-order valence-electron chi connectivity index (χ2n) is 9.72. The Morgan fingerprint density at radius 3 is 2.55 bits per heavy atom. The van der Waals surface area contributed by atoms with Gasteiger partial charge in [0, 0.05) is 41.1 Å². The zero-order chi connectivity index (χ0) is 22.3. The van der Waals surface area contributed by atoms with E-state index < -0.39 is 17.6 Å². The van der Waals surface area contributed by atoms with Gasteiger partial charge in [0.2, 0.25) is 0 Å². The van der Waals surface area contributed by atoms with Gasteiger partial charge in [-0.05, 0) is 24.6 Å². The molecule has 5 heterocycles. The minimum atomic E-state index is -1.26. The predicted molar refractivity (Wildman–Crippen MR) is 126 cm³/mol. The smallest absolute Gasteiger partial charge is 0.252 e. The summed E-state index contributed by atoms with van der Waals surface area (Å²) in [5.41, 5.74) is 9.61. The van der Waals surface area contributed by atoms with Crippen LogP contribution in [-0.2, 0) is 17.0 Å². The molecule has 3 aromatic carbocycles. The van der Waals surface area contributed by atoms with Gasteiger partial charge >= 0.3 is 0 Å². The number of nitrogens with zero attached hydrogens (tertiary/aromatic N) is 2. The summed E-state index contributed by atoms with van der Waals surface area (Å²) < 4.78 is 11.1. The highest BCUT2D eigenvalue weighted by molar-refractivity contribution is 6.31. The van der Waals surface area contributed by atoms with Crippen molar-refractivity contribution >= 4 is 49.5 Å². The fraction of sp³-hybridized carbons (Fsp3) is 0.269. The molecule has 1 unspecified atom stereocenters. The number of carbonyl (C=O) groups is 1. The lowest BCUT2D eigenvalue weighted by atomic mass is 9.89. The SMILES string of the molecule is C[C@]12OC(C[C@@]1(O)CN)n1c3ccccc3c3c4c(c5c6ccccc6n2c5c31)CNC4=O. The van der Waals surface area contributed by atoms with E-state index in [-0.39, 0.29) is 12.5 Å². The van der Waals surface area contributed by atoms with Gasteiger partial charge in [0.1, 0.15) is 11.8 Å². The third kappa shape index (κ3) is 1.75. The van der Waals surface area contributed by atoms with Crippen molar-refractivity contribution in [1.82, 2.24) is 14.5 Å². The number of nitrogens with two attached hydrogens (primary N) is 1. The number of benzene rings is 3. The zero-order valence-electron chi connectivity index (χ0n) is 18.1. The highest BCUT2D eigenvalue weighted by atomic mass is 16.6. The zero-order valence-corrected chi connectivity index (χ0v) is 18.1. The van der Waals surface area contributed by atoms with Gasteiger partial charge < -0.3 is 30.0 Å². The molecule has 3 atom stereocenters. The lowest BCUT2D eigenvalue weighted by molar-refractivity contribution is -0.173. The molecule has 3 aliphatic rings. The molecule has 7 nitrogen and oxygen atoms in total. The average Bonchev–Trinajstić information content (AvgIpc) is 3.51. The number of carbonyl (C=O) groups excluding carboxylic acids is 1. The molecular weight excluding hydrogens is 416 g/mol. The van der Waals surface area contributed by atoms with Crippen molar-refractivity contribution in [2.75, 3.05) is 6.54 Å². The van der Waals surface area contributed by atoms with Gasteiger partial charge in [-0.15, -0.1) is 0 Å². The molecular formula is C26H22N4O3. The first kappa shape index (κ1) is 18.1. The van der Waals surface area contributed by atoms with Gasteiger partial charge in [0.25, 0.3) is 5.91 Å². The minimum Gasteiger partial charge on any atom is -0.383 e. The van der Waals surface area contributed by atoms with Gasteiger partial charge in [-0.2, -0.15) is 0 Å². The van der Waals surface area contributed by atoms with Crippen LogP contribution in [0, 0.1) is 0 Å². The van der Waals surface area contributed by atoms with Crippen molar-refractivity contribution in [3.05, 3.63) is 59.7 Å². The number of ether oxygens (including phenoxy) is 1. The van der Waals surface area contributed by atoms with Gasteiger partial charge in [0.05, 0.1) is 27.6 Å². The van der Waals surface area contributed by atoms with Crippen LogP contribution in [0.25, 0.3) is 43.6 Å². The van der Waals surface area contributed by atoms with Crippen LogP contribution >= 0.6 is 0 Å². The number of fused-ring (bicyclic) bond motifs is 13. The van der Waals surface area contributed by atoms with Crippen LogP contribution in [0.4, 0.5) is 0 Å². The number of hydrogen-bond acceptors (Lipinski definition) is 4. The molecule has 3 aliphatic heterocycles. The predicted octanol–water partition coefficient (Wildman–Crippen LogP) is 3.44. The molecule has 0 spiro atoms. The highest BCUT2D eigenvalue weighted by Crippen LogP contribution is 2.57. The third-order valence-corrected chi connectivity index (χ3v) is 8.31. The van der Waals surface area contributed by atoms with E-state index in [1.807, 2.05) is 31.2 Å². The Hall–Kier alpha value is -3.39. The summed E-state index contributed by atoms with van der Waals surface area (Å²) in [6.45, 7) is 2.51. The largest absolute Gasteiger partial charge is 0.383 e. The van der Waals surface area contributed by atoms with Crippen LogP contribution in [0.15, 0.2) is 48.5 Å². The van der Waals surface area contributed by atoms with E-state index in [2.05, 4.69) is 38.7 Å². The van der Waals surface area contributed by atoms with Crippen molar-refractivity contribution in [2.45, 2.75) is 37.4 Å². The Labute approximate surface area is 188 Å². The summed E-state index contributed by atoms with van der Waals surface area (Å²) >= 11 is 0. The molecule has 2 aromatic heterocycles. The second-order valence-corrected chi connectivity index (χ2v) is 9.72. The van der Waals surface area contributed by atoms with E-state index in [9.17, 15) is 9.90 Å². The fourth-order valence-electron chi connectivity index (χ4n) is 6.79. The number of nitrogens with one attached hydrogen (secondary N) is 1. The van der Waals surface area contributed by atoms with Gasteiger partial charge in [-0.1, -0.05) is 36.4 Å². The summed E-state index contributed by atoms with van der Waals surface area (Å²) in [6, 6.07) is 16.3. The molecule has 0 aliphatic carbocycles. The number of rotatable bonds is 1. The van der Waals surface area contributed by atoms with E-state index in [0.717, 1.165) is 54.7 Å². The molecule has 0 radical (unpaired) electrons. The number of para-hydroxylation sites is 2. The maximum absolute atomic E-state index is 13.2. The molecule has 1 fully saturated rings. The van der Waals surface area contributed by atoms with Crippen LogP contribution in [0.3, 0.4) is 0 Å². The number of hydrogen-bond donors (Lipinski definition) is 3. The summed E-state index contributed by atoms with van der Waals surface area (Å²) in [7, 11) is 0. The van der Waals surface area contributed by atoms with E-state index in [0.29, 0.717) is 13.0 Å². The first-order valence-corrected chi connectivity index (χ1v) is 11.4. The Morgan fingerprint density at radius 1 is 1.09 bits per heavy atom. The van der Waals surface area contributed by atoms with E-state index in [1.165, 1.54) is 0 Å². The maximum Gasteiger partial charge on any atom is 0.252 e. The van der Waals surface area contributed by atoms with Gasteiger partial charge in [-0.3, -0.25) is 4.79 Å². The molecule has 0 saturated carbocycles. The monoisotopic (exact) mass is 438 g/mol. The summed E-state index contributed by atoms with van der Waals surface area (Å²) in [5.74, 6) is -0.0355. The summed E-state index contributed by atoms with van der Waals surface area (Å²) in [6.07, 6.45) is -0.0415. The Kier molecular flexibility index (Phi) is 2.95. The van der Waals surface area contributed by atoms with E-state index in [1.54, 1.807) is 0 Å². The number of aromatic nitrogens is 2. The molecule has 5 aromatic rings. The van der Waals surface area contributed by atoms with E-state index in [4.69, 9.17) is 10.5 Å². The normalized spacial score (nSPS) is 27.8. The highest BCUT2D eigenvalue weighted by Gasteiger charge is 2.60. The first-order chi connectivity index (χ1) is 16.0. The molecule has 33 heavy (non-hydrogen) atoms. The lowest BCUT2D eigenvalue weighted by Gasteiger charge is -2.39. The summed E-state index contributed by atoms with van der Waals surface area (Å²) in [4.78, 5) is 13.2. The van der Waals surface area contributed by atoms with Crippen molar-refractivity contribution in [3.8, 4) is 0 Å². The van der Waals surface area contributed by atoms with Crippen LogP contribution < -0.4 is 11.1 Å². The molecule has 2 bridgehead atoms. The van der Waals surface area contributed by atoms with E-state index >= 15 is 0 Å². The third-order valence-electron chi connectivity index (χ3n) is 8.31. The van der Waals surface area contributed by atoms with Crippen LogP contribution in [-0.4, -0.2) is 32.3 Å². The van der Waals surface area contributed by atoms with Crippen molar-refractivity contribution in [1.29, 1.82) is 0 Å². The topological polar surface area (TPSA) is 94.4 Å². The van der Waals surface area contributed by atoms with Crippen LogP contribution in [0.2, 0.25) is 0 Å².